The molecule has 1 atom stereocenters. The molecule has 6 heteroatoms. The van der Waals surface area contributed by atoms with Gasteiger partial charge in [0.05, 0.1) is 5.39 Å². The Bertz CT molecular complexity index is 980. The molecule has 1 aliphatic heterocycles. The number of thiophene rings is 1. The smallest absolute Gasteiger partial charge is 0.142 e. The van der Waals surface area contributed by atoms with Gasteiger partial charge in [0.15, 0.2) is 0 Å². The normalized spacial score (nSPS) is 20.2. The summed E-state index contributed by atoms with van der Waals surface area (Å²) in [6.07, 6.45) is 9.48. The number of rotatable bonds is 4. The van der Waals surface area contributed by atoms with Gasteiger partial charge in [0.1, 0.15) is 17.0 Å². The van der Waals surface area contributed by atoms with E-state index in [1.807, 2.05) is 23.5 Å². The molecule has 2 aromatic heterocycles. The lowest BCUT2D eigenvalue weighted by Crippen LogP contribution is -2.35. The van der Waals surface area contributed by atoms with Crippen LogP contribution < -0.4 is 5.32 Å². The second-order valence-electron chi connectivity index (χ2n) is 8.01. The van der Waals surface area contributed by atoms with Crippen LogP contribution in [0.15, 0.2) is 35.1 Å². The first kappa shape index (κ1) is 18.5. The number of hydrogen-bond acceptors (Lipinski definition) is 5. The van der Waals surface area contributed by atoms with Crippen molar-refractivity contribution in [2.45, 2.75) is 38.5 Å². The molecule has 1 N–H and O–H groups in total. The molecule has 0 spiro atoms. The number of aromatic nitrogens is 2. The Labute approximate surface area is 178 Å². The van der Waals surface area contributed by atoms with Gasteiger partial charge in [0, 0.05) is 21.6 Å². The Balaban J connectivity index is 1.40. The predicted octanol–water partition coefficient (Wildman–Crippen LogP) is 5.79. The maximum absolute atomic E-state index is 4.59. The molecule has 0 amide bonds. The van der Waals surface area contributed by atoms with E-state index in [1.165, 1.54) is 67.6 Å². The zero-order chi connectivity index (χ0) is 18.9. The number of fused-ring (bicyclic) bond motifs is 3. The Morgan fingerprint density at radius 3 is 2.93 bits per heavy atom. The third-order valence-electron chi connectivity index (χ3n) is 6.00. The molecule has 0 radical (unpaired) electrons. The Kier molecular flexibility index (Phi) is 5.35. The van der Waals surface area contributed by atoms with E-state index < -0.39 is 0 Å². The summed E-state index contributed by atoms with van der Waals surface area (Å²) in [6.45, 7) is 3.85. The van der Waals surface area contributed by atoms with Crippen LogP contribution in [0.5, 0.6) is 0 Å². The fourth-order valence-electron chi connectivity index (χ4n) is 4.64. The third kappa shape index (κ3) is 3.82. The highest BCUT2D eigenvalue weighted by Crippen LogP contribution is 2.40. The molecule has 28 heavy (non-hydrogen) atoms. The number of anilines is 2. The first-order chi connectivity index (χ1) is 13.8. The molecule has 1 aromatic carbocycles. The molecule has 1 unspecified atom stereocenters. The van der Waals surface area contributed by atoms with Gasteiger partial charge in [-0.3, -0.25) is 0 Å². The Morgan fingerprint density at radius 2 is 2.07 bits per heavy atom. The summed E-state index contributed by atoms with van der Waals surface area (Å²) in [6, 6.07) is 8.24. The molecule has 1 aliphatic carbocycles. The van der Waals surface area contributed by atoms with Crippen LogP contribution in [0, 0.1) is 5.92 Å². The van der Waals surface area contributed by atoms with Gasteiger partial charge in [-0.15, -0.1) is 11.3 Å². The molecule has 0 bridgehead atoms. The second-order valence-corrected chi connectivity index (χ2v) is 10.0. The predicted molar refractivity (Wildman–Crippen MR) is 121 cm³/mol. The van der Waals surface area contributed by atoms with Gasteiger partial charge in [0.25, 0.3) is 0 Å². The third-order valence-corrected chi connectivity index (χ3v) is 7.66. The number of aryl methyl sites for hydroxylation is 1. The lowest BCUT2D eigenvalue weighted by atomic mass is 9.87. The van der Waals surface area contributed by atoms with E-state index in [4.69, 9.17) is 0 Å². The molecular weight excluding hydrogens is 432 g/mol. The van der Waals surface area contributed by atoms with Crippen LogP contribution in [0.4, 0.5) is 11.5 Å². The summed E-state index contributed by atoms with van der Waals surface area (Å²) in [7, 11) is 0. The molecule has 0 saturated carbocycles. The zero-order valence-corrected chi connectivity index (χ0v) is 18.4. The Hall–Kier alpha value is -1.50. The van der Waals surface area contributed by atoms with Crippen LogP contribution in [0.1, 0.15) is 36.1 Å². The molecule has 1 saturated heterocycles. The molecule has 1 fully saturated rings. The van der Waals surface area contributed by atoms with Crippen molar-refractivity contribution in [1.29, 1.82) is 0 Å². The minimum atomic E-state index is 0.785. The van der Waals surface area contributed by atoms with Gasteiger partial charge < -0.3 is 10.2 Å². The van der Waals surface area contributed by atoms with Gasteiger partial charge in [-0.05, 0) is 74.9 Å². The lowest BCUT2D eigenvalue weighted by Gasteiger charge is -2.32. The molecule has 3 aromatic rings. The fraction of sp³-hybridized carbons (Fsp3) is 0.455. The highest BCUT2D eigenvalue weighted by atomic mass is 79.9. The molecule has 5 rings (SSSR count). The van der Waals surface area contributed by atoms with E-state index in [9.17, 15) is 0 Å². The highest BCUT2D eigenvalue weighted by Gasteiger charge is 2.26. The van der Waals surface area contributed by atoms with E-state index in [2.05, 4.69) is 48.2 Å². The summed E-state index contributed by atoms with van der Waals surface area (Å²) in [5.41, 5.74) is 2.53. The van der Waals surface area contributed by atoms with Crippen molar-refractivity contribution in [2.75, 3.05) is 25.0 Å². The average molecular weight is 457 g/mol. The minimum absolute atomic E-state index is 0.785. The number of halogens is 1. The lowest BCUT2D eigenvalue weighted by molar-refractivity contribution is 0.188. The average Bonchev–Trinajstić information content (AvgIpc) is 3.07. The van der Waals surface area contributed by atoms with Crippen LogP contribution in [-0.4, -0.2) is 34.5 Å². The van der Waals surface area contributed by atoms with Gasteiger partial charge in [0.2, 0.25) is 0 Å². The summed E-state index contributed by atoms with van der Waals surface area (Å²) in [5.74, 6) is 1.73. The number of hydrogen-bond donors (Lipinski definition) is 1. The largest absolute Gasteiger partial charge is 0.340 e. The second kappa shape index (κ2) is 8.09. The van der Waals surface area contributed by atoms with Gasteiger partial charge in [-0.25, -0.2) is 9.97 Å². The van der Waals surface area contributed by atoms with Crippen LogP contribution in [0.25, 0.3) is 10.2 Å². The van der Waals surface area contributed by atoms with Crippen LogP contribution >= 0.6 is 27.3 Å². The number of nitrogens with one attached hydrogen (secondary N) is 1. The van der Waals surface area contributed by atoms with Crippen molar-refractivity contribution in [1.82, 2.24) is 14.9 Å². The highest BCUT2D eigenvalue weighted by molar-refractivity contribution is 9.10. The van der Waals surface area contributed by atoms with Gasteiger partial charge in [-0.2, -0.15) is 0 Å². The Morgan fingerprint density at radius 1 is 1.18 bits per heavy atom. The first-order valence-electron chi connectivity index (χ1n) is 10.3. The number of piperidine rings is 1. The van der Waals surface area contributed by atoms with E-state index >= 15 is 0 Å². The molecular formula is C22H25BrN4S. The number of likely N-dealkylation sites (tertiary alicyclic amines) is 1. The minimum Gasteiger partial charge on any atom is -0.340 e. The van der Waals surface area contributed by atoms with E-state index in [0.717, 1.165) is 33.1 Å². The van der Waals surface area contributed by atoms with Crippen molar-refractivity contribution in [3.63, 3.8) is 0 Å². The fourth-order valence-corrected chi connectivity index (χ4v) is 6.34. The zero-order valence-electron chi connectivity index (χ0n) is 16.0. The maximum Gasteiger partial charge on any atom is 0.142 e. The quantitative estimate of drug-likeness (QED) is 0.539. The van der Waals surface area contributed by atoms with Crippen molar-refractivity contribution in [3.8, 4) is 0 Å². The first-order valence-corrected chi connectivity index (χ1v) is 11.9. The van der Waals surface area contributed by atoms with E-state index in [1.54, 1.807) is 6.33 Å². The topological polar surface area (TPSA) is 41.1 Å². The van der Waals surface area contributed by atoms with Crippen LogP contribution in [0.3, 0.4) is 0 Å². The van der Waals surface area contributed by atoms with Crippen molar-refractivity contribution < 1.29 is 0 Å². The number of benzene rings is 1. The molecule has 3 heterocycles. The van der Waals surface area contributed by atoms with Crippen molar-refractivity contribution in [2.24, 2.45) is 5.92 Å². The van der Waals surface area contributed by atoms with E-state index in [0.29, 0.717) is 0 Å². The standard InChI is InChI=1S/C22H25BrN4S/c23-16-5-4-6-17(12-16)26-21-20-18-8-7-15(13-27-9-2-1-3-10-27)11-19(18)28-22(20)25-14-24-21/h4-6,12,14-15H,1-3,7-11,13H2,(H,24,25,26). The summed E-state index contributed by atoms with van der Waals surface area (Å²) < 4.78 is 1.07. The molecule has 4 nitrogen and oxygen atoms in total. The summed E-state index contributed by atoms with van der Waals surface area (Å²) >= 11 is 5.42. The maximum atomic E-state index is 4.59. The van der Waals surface area contributed by atoms with Gasteiger partial charge >= 0.3 is 0 Å². The van der Waals surface area contributed by atoms with E-state index in [-0.39, 0.29) is 0 Å². The summed E-state index contributed by atoms with van der Waals surface area (Å²) in [5, 5.41) is 4.75. The van der Waals surface area contributed by atoms with Crippen molar-refractivity contribution in [3.05, 3.63) is 45.5 Å². The number of nitrogens with zero attached hydrogens (tertiary/aromatic N) is 3. The summed E-state index contributed by atoms with van der Waals surface area (Å²) in [4.78, 5) is 14.5. The molecule has 146 valence electrons. The van der Waals surface area contributed by atoms with Gasteiger partial charge in [-0.1, -0.05) is 28.4 Å². The monoisotopic (exact) mass is 456 g/mol. The van der Waals surface area contributed by atoms with Crippen LogP contribution in [-0.2, 0) is 12.8 Å². The molecule has 2 aliphatic rings. The van der Waals surface area contributed by atoms with Crippen LogP contribution in [0.2, 0.25) is 0 Å². The SMILES string of the molecule is Brc1cccc(Nc2ncnc3sc4c(c23)CCC(CN2CCCCC2)C4)c1. The van der Waals surface area contributed by atoms with Crippen molar-refractivity contribution >= 4 is 49.0 Å².